The molecule has 0 saturated heterocycles. The number of nitrogens with one attached hydrogen (secondary N) is 1. The van der Waals surface area contributed by atoms with E-state index in [4.69, 9.17) is 9.47 Å². The lowest BCUT2D eigenvalue weighted by Gasteiger charge is -2.35. The molecule has 0 spiro atoms. The Morgan fingerprint density at radius 2 is 1.83 bits per heavy atom. The molecule has 1 aliphatic rings. The zero-order valence-corrected chi connectivity index (χ0v) is 29.1. The van der Waals surface area contributed by atoms with Crippen LogP contribution in [-0.2, 0) is 31.8 Å². The monoisotopic (exact) mass is 691 g/mol. The van der Waals surface area contributed by atoms with Gasteiger partial charge in [0.1, 0.15) is 5.75 Å². The first-order valence-electron chi connectivity index (χ1n) is 15.6. The molecule has 0 bridgehead atoms. The highest BCUT2D eigenvalue weighted by molar-refractivity contribution is 7.92. The summed E-state index contributed by atoms with van der Waals surface area (Å²) in [6, 6.07) is 12.0. The Morgan fingerprint density at radius 3 is 2.49 bits per heavy atom. The number of anilines is 1. The van der Waals surface area contributed by atoms with Gasteiger partial charge >= 0.3 is 0 Å². The minimum Gasteiger partial charge on any atom is -0.490 e. The number of ether oxygens (including phenoxy) is 2. The Kier molecular flexibility index (Phi) is 12.1. The number of hydrogen-bond donors (Lipinski definition) is 2. The molecule has 1 aliphatic heterocycles. The molecule has 15 heteroatoms. The summed E-state index contributed by atoms with van der Waals surface area (Å²) in [6.07, 6.45) is 4.02. The van der Waals surface area contributed by atoms with Gasteiger partial charge in [0, 0.05) is 51.6 Å². The van der Waals surface area contributed by atoms with Crippen molar-refractivity contribution in [1.29, 1.82) is 0 Å². The molecule has 47 heavy (non-hydrogen) atoms. The first-order valence-corrected chi connectivity index (χ1v) is 18.5. The number of imidazole rings is 1. The number of sulfonamides is 2. The van der Waals surface area contributed by atoms with Gasteiger partial charge in [0.15, 0.2) is 5.03 Å². The van der Waals surface area contributed by atoms with Crippen LogP contribution in [0.5, 0.6) is 5.75 Å². The van der Waals surface area contributed by atoms with Gasteiger partial charge in [0.05, 0.1) is 41.6 Å². The maximum absolute atomic E-state index is 14.3. The summed E-state index contributed by atoms with van der Waals surface area (Å²) in [5, 5.41) is 10.0. The Labute approximate surface area is 277 Å². The van der Waals surface area contributed by atoms with Crippen LogP contribution in [0.25, 0.3) is 0 Å². The molecule has 0 unspecified atom stereocenters. The van der Waals surface area contributed by atoms with E-state index >= 15 is 0 Å². The Morgan fingerprint density at radius 1 is 1.11 bits per heavy atom. The van der Waals surface area contributed by atoms with E-state index in [-0.39, 0.29) is 58.6 Å². The van der Waals surface area contributed by atoms with Gasteiger partial charge in [-0.3, -0.25) is 9.52 Å². The molecule has 2 aromatic carbocycles. The van der Waals surface area contributed by atoms with Crippen LogP contribution in [0, 0.1) is 5.92 Å². The number of aryl methyl sites for hydroxylation is 1. The van der Waals surface area contributed by atoms with Crippen molar-refractivity contribution in [1.82, 2.24) is 18.8 Å². The second-order valence-electron chi connectivity index (χ2n) is 12.1. The van der Waals surface area contributed by atoms with Crippen molar-refractivity contribution in [3.63, 3.8) is 0 Å². The number of likely N-dealkylation sites (N-methyl/N-ethyl adjacent to an activating group) is 1. The number of aliphatic hydroxyl groups is 1. The van der Waals surface area contributed by atoms with Crippen molar-refractivity contribution < 1.29 is 36.2 Å². The van der Waals surface area contributed by atoms with Crippen molar-refractivity contribution in [2.24, 2.45) is 13.0 Å². The molecule has 4 rings (SSSR count). The lowest BCUT2D eigenvalue weighted by molar-refractivity contribution is -0.00833. The summed E-state index contributed by atoms with van der Waals surface area (Å²) >= 11 is 0. The number of fused-ring (bicyclic) bond motifs is 1. The summed E-state index contributed by atoms with van der Waals surface area (Å²) in [5.74, 6) is -0.566. The normalized spacial score (nSPS) is 21.0. The van der Waals surface area contributed by atoms with Gasteiger partial charge < -0.3 is 24.0 Å². The van der Waals surface area contributed by atoms with E-state index in [2.05, 4.69) is 9.71 Å². The van der Waals surface area contributed by atoms with Crippen molar-refractivity contribution in [3.8, 4) is 5.75 Å². The van der Waals surface area contributed by atoms with E-state index in [1.807, 2.05) is 13.8 Å². The zero-order chi connectivity index (χ0) is 34.4. The lowest BCUT2D eigenvalue weighted by Crippen LogP contribution is -2.48. The van der Waals surface area contributed by atoms with Crippen LogP contribution in [0.4, 0.5) is 5.69 Å². The maximum atomic E-state index is 14.3. The second kappa shape index (κ2) is 15.6. The number of carbonyl (C=O) groups is 1. The number of benzene rings is 2. The highest BCUT2D eigenvalue weighted by Crippen LogP contribution is 2.29. The molecule has 0 aliphatic carbocycles. The second-order valence-corrected chi connectivity index (χ2v) is 15.8. The number of amides is 1. The quantitative estimate of drug-likeness (QED) is 0.343. The van der Waals surface area contributed by atoms with Crippen LogP contribution < -0.4 is 9.46 Å². The number of nitrogens with zero attached hydrogens (tertiary/aromatic N) is 4. The fraction of sp³-hybridized carbons (Fsp3) is 0.500. The number of rotatable bonds is 9. The predicted octanol–water partition coefficient (Wildman–Crippen LogP) is 3.34. The fourth-order valence-electron chi connectivity index (χ4n) is 5.31. The third-order valence-electron chi connectivity index (χ3n) is 8.15. The Hall–Kier alpha value is -3.50. The topological polar surface area (TPSA) is 160 Å². The number of carbonyl (C=O) groups excluding carboxylic acids is 1. The van der Waals surface area contributed by atoms with Gasteiger partial charge in [0.2, 0.25) is 10.0 Å². The van der Waals surface area contributed by atoms with Gasteiger partial charge in [-0.15, -0.1) is 0 Å². The van der Waals surface area contributed by atoms with Gasteiger partial charge in [0.25, 0.3) is 15.9 Å². The third kappa shape index (κ3) is 9.11. The van der Waals surface area contributed by atoms with Crippen LogP contribution in [0.1, 0.15) is 50.4 Å². The molecular formula is C32H45N5O8S2. The van der Waals surface area contributed by atoms with Crippen LogP contribution in [0.3, 0.4) is 0 Å². The molecule has 13 nitrogen and oxygen atoms in total. The summed E-state index contributed by atoms with van der Waals surface area (Å²) in [6.45, 7) is 5.67. The van der Waals surface area contributed by atoms with Gasteiger partial charge in [-0.25, -0.2) is 13.4 Å². The van der Waals surface area contributed by atoms with Gasteiger partial charge in [-0.05, 0) is 63.4 Å². The molecule has 2 heterocycles. The standard InChI is InChI=1S/C32H45N5O8S2/c1-23-18-37(24(2)21-38)32(39)28-17-26(34-46(40,41)31-20-35(4)22-33-31)14-15-29(28)45-25(3)11-9-10-16-44-30(23)19-36(5)47(42,43)27-12-7-6-8-13-27/h6-8,12-15,17,20,22-25,30,34,38H,9-11,16,18-19,21H2,1-5H3/t23-,24-,25+,30-/m0/s1. The first-order chi connectivity index (χ1) is 22.2. The van der Waals surface area contributed by atoms with E-state index in [1.54, 1.807) is 50.4 Å². The number of aliphatic hydroxyl groups excluding tert-OH is 1. The molecular weight excluding hydrogens is 647 g/mol. The summed E-state index contributed by atoms with van der Waals surface area (Å²) in [7, 11) is -4.69. The van der Waals surface area contributed by atoms with Crippen LogP contribution in [-0.4, -0.2) is 98.2 Å². The van der Waals surface area contributed by atoms with E-state index in [1.165, 1.54) is 45.5 Å². The molecule has 3 aromatic rings. The molecule has 0 saturated carbocycles. The van der Waals surface area contributed by atoms with E-state index in [0.29, 0.717) is 19.4 Å². The first kappa shape index (κ1) is 36.3. The van der Waals surface area contributed by atoms with Crippen molar-refractivity contribution in [3.05, 3.63) is 66.6 Å². The lowest BCUT2D eigenvalue weighted by atomic mass is 10.0. The van der Waals surface area contributed by atoms with Crippen LogP contribution >= 0.6 is 0 Å². The fourth-order valence-corrected chi connectivity index (χ4v) is 7.54. The molecule has 0 radical (unpaired) electrons. The largest absolute Gasteiger partial charge is 0.490 e. The van der Waals surface area contributed by atoms with Crippen molar-refractivity contribution in [2.45, 2.75) is 68.2 Å². The Balaban J connectivity index is 1.68. The Bertz CT molecular complexity index is 1720. The molecule has 2 N–H and O–H groups in total. The van der Waals surface area contributed by atoms with E-state index in [9.17, 15) is 26.7 Å². The SMILES string of the molecule is C[C@@H]1CCCCO[C@@H](CN(C)S(=O)(=O)c2ccccc2)[C@@H](C)CN([C@@H](C)CO)C(=O)c2cc(NS(=O)(=O)c3cn(C)cn3)ccc2O1. The highest BCUT2D eigenvalue weighted by Gasteiger charge is 2.32. The van der Waals surface area contributed by atoms with Crippen molar-refractivity contribution in [2.75, 3.05) is 38.1 Å². The highest BCUT2D eigenvalue weighted by atomic mass is 32.2. The van der Waals surface area contributed by atoms with Gasteiger partial charge in [-0.1, -0.05) is 25.1 Å². The molecule has 0 fully saturated rings. The smallest absolute Gasteiger partial charge is 0.280 e. The zero-order valence-electron chi connectivity index (χ0n) is 27.4. The minimum atomic E-state index is -4.05. The predicted molar refractivity (Wildman–Crippen MR) is 177 cm³/mol. The summed E-state index contributed by atoms with van der Waals surface area (Å²) < 4.78 is 70.5. The summed E-state index contributed by atoms with van der Waals surface area (Å²) in [4.78, 5) is 19.9. The van der Waals surface area contributed by atoms with Crippen LogP contribution in [0.15, 0.2) is 71.0 Å². The minimum absolute atomic E-state index is 0.0451. The molecule has 1 amide bonds. The van der Waals surface area contributed by atoms with Crippen molar-refractivity contribution >= 4 is 31.6 Å². The molecule has 4 atom stereocenters. The molecule has 258 valence electrons. The van der Waals surface area contributed by atoms with E-state index < -0.39 is 38.1 Å². The van der Waals surface area contributed by atoms with Crippen LogP contribution in [0.2, 0.25) is 0 Å². The van der Waals surface area contributed by atoms with Gasteiger partial charge in [-0.2, -0.15) is 12.7 Å². The van der Waals surface area contributed by atoms with E-state index in [0.717, 1.165) is 6.42 Å². The maximum Gasteiger partial charge on any atom is 0.280 e. The summed E-state index contributed by atoms with van der Waals surface area (Å²) in [5.41, 5.74) is 0.252. The number of hydrogen-bond acceptors (Lipinski definition) is 9. The average molecular weight is 692 g/mol. The third-order valence-corrected chi connectivity index (χ3v) is 11.3. The number of aromatic nitrogens is 2. The average Bonchev–Trinajstić information content (AvgIpc) is 3.49. The molecule has 1 aromatic heterocycles.